The Hall–Kier alpha value is -0.0800. The van der Waals surface area contributed by atoms with Crippen LogP contribution in [-0.4, -0.2) is 12.8 Å². The number of ether oxygens (including phenoxy) is 1. The molecule has 0 aromatic heterocycles. The van der Waals surface area contributed by atoms with Gasteiger partial charge in [-0.1, -0.05) is 117 Å². The first-order valence-corrected chi connectivity index (χ1v) is 11.6. The van der Waals surface area contributed by atoms with Crippen LogP contribution in [0.2, 0.25) is 0 Å². The molecule has 2 heteroatoms. The Balaban J connectivity index is 3.11. The minimum atomic E-state index is -0.0662. The van der Waals surface area contributed by atoms with E-state index in [1.165, 1.54) is 103 Å². The molecule has 2 nitrogen and oxygen atoms in total. The third-order valence-electron chi connectivity index (χ3n) is 5.30. The first-order chi connectivity index (χ1) is 12.2. The van der Waals surface area contributed by atoms with E-state index in [0.717, 1.165) is 13.0 Å². The molecule has 0 fully saturated rings. The van der Waals surface area contributed by atoms with Crippen molar-refractivity contribution in [1.29, 1.82) is 0 Å². The molecule has 0 aliphatic heterocycles. The van der Waals surface area contributed by atoms with Gasteiger partial charge in [0, 0.05) is 0 Å². The molecule has 0 aromatic carbocycles. The number of unbranched alkanes of at least 4 members (excludes halogenated alkanes) is 14. The predicted molar refractivity (Wildman–Crippen MR) is 113 cm³/mol. The topological polar surface area (TPSA) is 35.2 Å². The van der Waals surface area contributed by atoms with E-state index in [-0.39, 0.29) is 6.23 Å². The van der Waals surface area contributed by atoms with Gasteiger partial charge in [0.15, 0.2) is 0 Å². The smallest absolute Gasteiger partial charge is 0.105 e. The molecule has 0 bridgehead atoms. The van der Waals surface area contributed by atoms with Gasteiger partial charge in [0.2, 0.25) is 0 Å². The van der Waals surface area contributed by atoms with E-state index in [4.69, 9.17) is 10.5 Å². The van der Waals surface area contributed by atoms with E-state index in [0.29, 0.717) is 5.92 Å². The summed E-state index contributed by atoms with van der Waals surface area (Å²) in [6, 6.07) is 0. The van der Waals surface area contributed by atoms with Crippen LogP contribution in [0.5, 0.6) is 0 Å². The van der Waals surface area contributed by atoms with Gasteiger partial charge in [-0.15, -0.1) is 0 Å². The van der Waals surface area contributed by atoms with E-state index in [2.05, 4.69) is 20.8 Å². The lowest BCUT2D eigenvalue weighted by Crippen LogP contribution is -2.25. The molecule has 25 heavy (non-hydrogen) atoms. The average molecular weight is 356 g/mol. The van der Waals surface area contributed by atoms with Crippen LogP contribution in [0.4, 0.5) is 0 Å². The normalized spacial score (nSPS) is 13.9. The fourth-order valence-electron chi connectivity index (χ4n) is 3.35. The van der Waals surface area contributed by atoms with Crippen LogP contribution in [0.3, 0.4) is 0 Å². The molecule has 0 aliphatic carbocycles. The lowest BCUT2D eigenvalue weighted by Gasteiger charge is -2.15. The van der Waals surface area contributed by atoms with Crippen molar-refractivity contribution < 1.29 is 4.74 Å². The van der Waals surface area contributed by atoms with Gasteiger partial charge in [-0.3, -0.25) is 0 Å². The molecule has 152 valence electrons. The quantitative estimate of drug-likeness (QED) is 0.180. The zero-order chi connectivity index (χ0) is 18.6. The molecule has 0 spiro atoms. The summed E-state index contributed by atoms with van der Waals surface area (Å²) in [6.07, 6.45) is 23.6. The molecule has 0 rings (SSSR count). The highest BCUT2D eigenvalue weighted by Crippen LogP contribution is 2.15. The van der Waals surface area contributed by atoms with Crippen molar-refractivity contribution in [2.75, 3.05) is 6.61 Å². The van der Waals surface area contributed by atoms with Crippen LogP contribution in [0.15, 0.2) is 0 Å². The fourth-order valence-corrected chi connectivity index (χ4v) is 3.35. The van der Waals surface area contributed by atoms with Crippen LogP contribution in [0.25, 0.3) is 0 Å². The molecule has 0 aromatic rings. The molecule has 0 saturated carbocycles. The van der Waals surface area contributed by atoms with Crippen LogP contribution in [0, 0.1) is 5.92 Å². The van der Waals surface area contributed by atoms with Crippen LogP contribution >= 0.6 is 0 Å². The fraction of sp³-hybridized carbons (Fsp3) is 1.00. The third-order valence-corrected chi connectivity index (χ3v) is 5.30. The first-order valence-electron chi connectivity index (χ1n) is 11.6. The van der Waals surface area contributed by atoms with E-state index in [9.17, 15) is 0 Å². The highest BCUT2D eigenvalue weighted by Gasteiger charge is 2.05. The van der Waals surface area contributed by atoms with Crippen molar-refractivity contribution in [3.63, 3.8) is 0 Å². The Morgan fingerprint density at radius 2 is 1.04 bits per heavy atom. The lowest BCUT2D eigenvalue weighted by atomic mass is 10.0. The molecule has 2 atom stereocenters. The highest BCUT2D eigenvalue weighted by molar-refractivity contribution is 4.55. The van der Waals surface area contributed by atoms with Crippen LogP contribution in [0.1, 0.15) is 130 Å². The second-order valence-corrected chi connectivity index (χ2v) is 8.12. The minimum Gasteiger partial charge on any atom is -0.363 e. The molecular formula is C23H49NO. The molecular weight excluding hydrogens is 306 g/mol. The summed E-state index contributed by atoms with van der Waals surface area (Å²) >= 11 is 0. The van der Waals surface area contributed by atoms with Gasteiger partial charge in [-0.05, 0) is 18.8 Å². The van der Waals surface area contributed by atoms with E-state index < -0.39 is 0 Å². The number of hydrogen-bond donors (Lipinski definition) is 1. The number of nitrogens with two attached hydrogens (primary N) is 1. The monoisotopic (exact) mass is 355 g/mol. The SMILES string of the molecule is CCCCCCCCCCCCCCCCCC(C)COC(N)CC. The van der Waals surface area contributed by atoms with Crippen molar-refractivity contribution in [3.8, 4) is 0 Å². The van der Waals surface area contributed by atoms with Crippen LogP contribution in [-0.2, 0) is 4.74 Å². The van der Waals surface area contributed by atoms with Crippen molar-refractivity contribution in [2.45, 2.75) is 136 Å². The standard InChI is InChI=1S/C23H49NO/c1-4-6-7-8-9-10-11-12-13-14-15-16-17-18-19-20-22(3)21-25-23(24)5-2/h22-23H,4-21,24H2,1-3H3. The maximum atomic E-state index is 5.78. The zero-order valence-electron chi connectivity index (χ0n) is 17.9. The number of rotatable bonds is 20. The van der Waals surface area contributed by atoms with Gasteiger partial charge in [-0.2, -0.15) is 0 Å². The van der Waals surface area contributed by atoms with Crippen molar-refractivity contribution in [1.82, 2.24) is 0 Å². The molecule has 2 unspecified atom stereocenters. The Morgan fingerprint density at radius 3 is 1.44 bits per heavy atom. The van der Waals surface area contributed by atoms with E-state index in [1.807, 2.05) is 0 Å². The maximum Gasteiger partial charge on any atom is 0.105 e. The maximum absolute atomic E-state index is 5.78. The molecule has 0 aliphatic rings. The second-order valence-electron chi connectivity index (χ2n) is 8.12. The second kappa shape index (κ2) is 20.2. The predicted octanol–water partition coefficient (Wildman–Crippen LogP) is 7.60. The van der Waals surface area contributed by atoms with Gasteiger partial charge < -0.3 is 10.5 Å². The summed E-state index contributed by atoms with van der Waals surface area (Å²) in [5.74, 6) is 0.652. The third kappa shape index (κ3) is 20.1. The van der Waals surface area contributed by atoms with Crippen molar-refractivity contribution in [2.24, 2.45) is 11.7 Å². The summed E-state index contributed by atoms with van der Waals surface area (Å²) < 4.78 is 5.61. The summed E-state index contributed by atoms with van der Waals surface area (Å²) in [5, 5.41) is 0. The molecule has 2 N–H and O–H groups in total. The molecule has 0 heterocycles. The van der Waals surface area contributed by atoms with Crippen molar-refractivity contribution >= 4 is 0 Å². The molecule has 0 saturated heterocycles. The lowest BCUT2D eigenvalue weighted by molar-refractivity contribution is 0.0322. The summed E-state index contributed by atoms with van der Waals surface area (Å²) in [4.78, 5) is 0. The highest BCUT2D eigenvalue weighted by atomic mass is 16.5. The first kappa shape index (κ1) is 24.9. The minimum absolute atomic E-state index is 0.0662. The Morgan fingerprint density at radius 1 is 0.640 bits per heavy atom. The molecule has 0 radical (unpaired) electrons. The largest absolute Gasteiger partial charge is 0.363 e. The Kier molecular flexibility index (Phi) is 20.2. The number of hydrogen-bond acceptors (Lipinski definition) is 2. The average Bonchev–Trinajstić information content (AvgIpc) is 2.62. The summed E-state index contributed by atoms with van der Waals surface area (Å²) in [7, 11) is 0. The summed E-state index contributed by atoms with van der Waals surface area (Å²) in [5.41, 5.74) is 5.78. The Bertz CT molecular complexity index is 244. The zero-order valence-corrected chi connectivity index (χ0v) is 17.9. The van der Waals surface area contributed by atoms with Crippen LogP contribution < -0.4 is 5.73 Å². The van der Waals surface area contributed by atoms with Gasteiger partial charge in [-0.25, -0.2) is 0 Å². The summed E-state index contributed by atoms with van der Waals surface area (Å²) in [6.45, 7) is 7.48. The Labute approximate surface area is 159 Å². The van der Waals surface area contributed by atoms with E-state index in [1.54, 1.807) is 0 Å². The van der Waals surface area contributed by atoms with Crippen molar-refractivity contribution in [3.05, 3.63) is 0 Å². The van der Waals surface area contributed by atoms with Gasteiger partial charge in [0.1, 0.15) is 6.23 Å². The van der Waals surface area contributed by atoms with Gasteiger partial charge in [0.25, 0.3) is 0 Å². The van der Waals surface area contributed by atoms with Gasteiger partial charge >= 0.3 is 0 Å². The van der Waals surface area contributed by atoms with Gasteiger partial charge in [0.05, 0.1) is 6.61 Å². The van der Waals surface area contributed by atoms with E-state index >= 15 is 0 Å². The molecule has 0 amide bonds.